The number of aliphatic imine (C=N–C) groups is 1. The van der Waals surface area contributed by atoms with Crippen LogP contribution >= 0.6 is 0 Å². The van der Waals surface area contributed by atoms with Crippen LogP contribution in [0.25, 0.3) is 11.1 Å². The SMILES string of the molecule is CCc1ccccc1-c1ccc(C(=O)N=C(N)c2ccc(C(=O)OC)c(F)c2)cc1COC. The van der Waals surface area contributed by atoms with Crippen molar-refractivity contribution in [2.75, 3.05) is 14.2 Å². The number of ether oxygens (including phenoxy) is 2. The van der Waals surface area contributed by atoms with Crippen LogP contribution in [0.4, 0.5) is 4.39 Å². The molecule has 0 heterocycles. The summed E-state index contributed by atoms with van der Waals surface area (Å²) >= 11 is 0. The second-order valence-electron chi connectivity index (χ2n) is 7.30. The van der Waals surface area contributed by atoms with E-state index in [2.05, 4.69) is 22.7 Å². The molecule has 7 heteroatoms. The van der Waals surface area contributed by atoms with Crippen LogP contribution in [0.1, 0.15) is 44.3 Å². The van der Waals surface area contributed by atoms with E-state index in [4.69, 9.17) is 10.5 Å². The molecule has 0 bridgehead atoms. The van der Waals surface area contributed by atoms with E-state index in [0.29, 0.717) is 12.2 Å². The van der Waals surface area contributed by atoms with Crippen LogP contribution < -0.4 is 5.73 Å². The standard InChI is InChI=1S/C26H25FN2O4/c1-4-16-7-5-6-8-20(16)21-11-10-18(13-19(21)15-32-2)25(30)29-24(28)17-9-12-22(23(27)14-17)26(31)33-3/h5-14H,4,15H2,1-3H3,(H2,28,29,30). The zero-order valence-electron chi connectivity index (χ0n) is 18.7. The van der Waals surface area contributed by atoms with Crippen LogP contribution in [0.15, 0.2) is 65.7 Å². The Morgan fingerprint density at radius 1 is 0.939 bits per heavy atom. The molecule has 0 saturated heterocycles. The fourth-order valence-corrected chi connectivity index (χ4v) is 3.54. The fourth-order valence-electron chi connectivity index (χ4n) is 3.54. The molecule has 0 spiro atoms. The first-order valence-corrected chi connectivity index (χ1v) is 10.4. The van der Waals surface area contributed by atoms with Crippen molar-refractivity contribution in [1.29, 1.82) is 0 Å². The minimum Gasteiger partial charge on any atom is -0.465 e. The molecule has 1 amide bonds. The summed E-state index contributed by atoms with van der Waals surface area (Å²) in [6.45, 7) is 2.40. The van der Waals surface area contributed by atoms with Crippen molar-refractivity contribution in [2.24, 2.45) is 10.7 Å². The second kappa shape index (κ2) is 10.7. The smallest absolute Gasteiger partial charge is 0.340 e. The molecule has 3 aromatic carbocycles. The summed E-state index contributed by atoms with van der Waals surface area (Å²) in [5, 5.41) is 0. The van der Waals surface area contributed by atoms with Gasteiger partial charge in [0, 0.05) is 18.2 Å². The maximum Gasteiger partial charge on any atom is 0.340 e. The molecule has 33 heavy (non-hydrogen) atoms. The number of hydrogen-bond donors (Lipinski definition) is 1. The number of aryl methyl sites for hydroxylation is 1. The minimum atomic E-state index is -0.814. The van der Waals surface area contributed by atoms with E-state index in [0.717, 1.165) is 36.3 Å². The maximum atomic E-state index is 14.2. The van der Waals surface area contributed by atoms with E-state index in [-0.39, 0.29) is 17.0 Å². The highest BCUT2D eigenvalue weighted by molar-refractivity contribution is 6.09. The molecule has 0 aliphatic carbocycles. The zero-order valence-corrected chi connectivity index (χ0v) is 18.7. The van der Waals surface area contributed by atoms with Gasteiger partial charge in [-0.15, -0.1) is 0 Å². The van der Waals surface area contributed by atoms with Gasteiger partial charge in [-0.25, -0.2) is 9.18 Å². The number of amidine groups is 1. The van der Waals surface area contributed by atoms with Gasteiger partial charge in [0.05, 0.1) is 19.3 Å². The Morgan fingerprint density at radius 3 is 2.30 bits per heavy atom. The minimum absolute atomic E-state index is 0.163. The third-order valence-corrected chi connectivity index (χ3v) is 5.23. The molecule has 3 rings (SSSR count). The Bertz CT molecular complexity index is 1220. The Hall–Kier alpha value is -3.84. The molecule has 0 aliphatic rings. The molecule has 0 fully saturated rings. The average Bonchev–Trinajstić information content (AvgIpc) is 2.83. The lowest BCUT2D eigenvalue weighted by molar-refractivity contribution is 0.0595. The van der Waals surface area contributed by atoms with E-state index in [9.17, 15) is 14.0 Å². The Balaban J connectivity index is 1.94. The lowest BCUT2D eigenvalue weighted by Gasteiger charge is -2.14. The number of methoxy groups -OCH3 is 2. The van der Waals surface area contributed by atoms with Gasteiger partial charge in [-0.1, -0.05) is 43.3 Å². The van der Waals surface area contributed by atoms with E-state index in [1.807, 2.05) is 24.3 Å². The summed E-state index contributed by atoms with van der Waals surface area (Å²) in [6, 6.07) is 17.0. The summed E-state index contributed by atoms with van der Waals surface area (Å²) in [5.74, 6) is -2.35. The predicted molar refractivity (Wildman–Crippen MR) is 125 cm³/mol. The summed E-state index contributed by atoms with van der Waals surface area (Å²) in [4.78, 5) is 28.3. The number of nitrogens with zero attached hydrogens (tertiary/aromatic N) is 1. The molecule has 0 aromatic heterocycles. The van der Waals surface area contributed by atoms with E-state index in [1.54, 1.807) is 19.2 Å². The van der Waals surface area contributed by atoms with Gasteiger partial charge >= 0.3 is 5.97 Å². The van der Waals surface area contributed by atoms with Crippen molar-refractivity contribution in [2.45, 2.75) is 20.0 Å². The Labute approximate surface area is 191 Å². The van der Waals surface area contributed by atoms with E-state index in [1.165, 1.54) is 17.7 Å². The maximum absolute atomic E-state index is 14.2. The van der Waals surface area contributed by atoms with Gasteiger partial charge in [0.2, 0.25) is 0 Å². The van der Waals surface area contributed by atoms with Crippen molar-refractivity contribution in [3.63, 3.8) is 0 Å². The van der Waals surface area contributed by atoms with Gasteiger partial charge in [0.15, 0.2) is 0 Å². The molecule has 170 valence electrons. The van der Waals surface area contributed by atoms with Crippen LogP contribution in [0.5, 0.6) is 0 Å². The highest BCUT2D eigenvalue weighted by Gasteiger charge is 2.16. The molecule has 2 N–H and O–H groups in total. The lowest BCUT2D eigenvalue weighted by Crippen LogP contribution is -2.17. The normalized spacial score (nSPS) is 11.3. The fraction of sp³-hybridized carbons (Fsp3) is 0.192. The van der Waals surface area contributed by atoms with Crippen molar-refractivity contribution in [1.82, 2.24) is 0 Å². The zero-order chi connectivity index (χ0) is 24.0. The van der Waals surface area contributed by atoms with Crippen LogP contribution in [0, 0.1) is 5.82 Å². The summed E-state index contributed by atoms with van der Waals surface area (Å²) in [7, 11) is 2.75. The number of amides is 1. The van der Waals surface area contributed by atoms with Gasteiger partial charge in [-0.05, 0) is 52.9 Å². The van der Waals surface area contributed by atoms with Crippen LogP contribution in [0.3, 0.4) is 0 Å². The number of rotatable bonds is 7. The quantitative estimate of drug-likeness (QED) is 0.326. The third-order valence-electron chi connectivity index (χ3n) is 5.23. The van der Waals surface area contributed by atoms with Crippen molar-refractivity contribution >= 4 is 17.7 Å². The molecule has 0 radical (unpaired) electrons. The number of carbonyl (C=O) groups excluding carboxylic acids is 2. The van der Waals surface area contributed by atoms with Gasteiger partial charge in [0.1, 0.15) is 11.7 Å². The Morgan fingerprint density at radius 2 is 1.64 bits per heavy atom. The van der Waals surface area contributed by atoms with Crippen molar-refractivity contribution in [3.05, 3.63) is 94.3 Å². The molecule has 0 atom stereocenters. The second-order valence-corrected chi connectivity index (χ2v) is 7.30. The summed E-state index contributed by atoms with van der Waals surface area (Å²) in [6.07, 6.45) is 0.870. The van der Waals surface area contributed by atoms with Gasteiger partial charge in [0.25, 0.3) is 5.91 Å². The van der Waals surface area contributed by atoms with E-state index < -0.39 is 17.7 Å². The van der Waals surface area contributed by atoms with Crippen molar-refractivity contribution in [3.8, 4) is 11.1 Å². The topological polar surface area (TPSA) is 91.0 Å². The monoisotopic (exact) mass is 448 g/mol. The number of benzene rings is 3. The third kappa shape index (κ3) is 5.32. The molecule has 3 aromatic rings. The molecule has 0 saturated carbocycles. The number of carbonyl (C=O) groups is 2. The highest BCUT2D eigenvalue weighted by atomic mass is 19.1. The molecular weight excluding hydrogens is 423 g/mol. The first-order chi connectivity index (χ1) is 15.9. The van der Waals surface area contributed by atoms with Gasteiger partial charge < -0.3 is 15.2 Å². The summed E-state index contributed by atoms with van der Waals surface area (Å²) < 4.78 is 24.1. The first-order valence-electron chi connectivity index (χ1n) is 10.4. The average molecular weight is 448 g/mol. The Kier molecular flexibility index (Phi) is 7.69. The molecule has 0 unspecified atom stereocenters. The first kappa shape index (κ1) is 23.8. The number of halogens is 1. The summed E-state index contributed by atoms with van der Waals surface area (Å²) in [5.41, 5.74) is 10.3. The van der Waals surface area contributed by atoms with Crippen LogP contribution in [-0.4, -0.2) is 31.9 Å². The highest BCUT2D eigenvalue weighted by Crippen LogP contribution is 2.29. The number of esters is 1. The van der Waals surface area contributed by atoms with Crippen LogP contribution in [0.2, 0.25) is 0 Å². The molecule has 6 nitrogen and oxygen atoms in total. The number of nitrogens with two attached hydrogens (primary N) is 1. The number of hydrogen-bond acceptors (Lipinski definition) is 4. The van der Waals surface area contributed by atoms with Gasteiger partial charge in [-0.3, -0.25) is 4.79 Å². The van der Waals surface area contributed by atoms with Crippen LogP contribution in [-0.2, 0) is 22.5 Å². The molecule has 0 aliphatic heterocycles. The molecular formula is C26H25FN2O4. The largest absolute Gasteiger partial charge is 0.465 e. The van der Waals surface area contributed by atoms with E-state index >= 15 is 0 Å². The van der Waals surface area contributed by atoms with Crippen molar-refractivity contribution < 1.29 is 23.5 Å². The van der Waals surface area contributed by atoms with Gasteiger partial charge in [-0.2, -0.15) is 4.99 Å². The predicted octanol–water partition coefficient (Wildman–Crippen LogP) is 4.53. The lowest BCUT2D eigenvalue weighted by atomic mass is 9.93.